The van der Waals surface area contributed by atoms with Gasteiger partial charge in [0, 0.05) is 38.1 Å². The number of hydrogen-bond donors (Lipinski definition) is 2. The predicted octanol–water partition coefficient (Wildman–Crippen LogP) is 2.70. The van der Waals surface area contributed by atoms with E-state index >= 15 is 0 Å². The molecule has 28 heavy (non-hydrogen) atoms. The highest BCUT2D eigenvalue weighted by Gasteiger charge is 2.20. The zero-order valence-corrected chi connectivity index (χ0v) is 18.6. The summed E-state index contributed by atoms with van der Waals surface area (Å²) in [6, 6.07) is 10.2. The Labute approximate surface area is 184 Å². The number of aromatic nitrogens is 2. The highest BCUT2D eigenvalue weighted by Crippen LogP contribution is 2.17. The minimum absolute atomic E-state index is 0. The van der Waals surface area contributed by atoms with Gasteiger partial charge in [-0.15, -0.1) is 24.0 Å². The maximum Gasteiger partial charge on any atom is 0.191 e. The van der Waals surface area contributed by atoms with Crippen LogP contribution in [0.4, 0.5) is 5.82 Å². The lowest BCUT2D eigenvalue weighted by atomic mass is 10.1. The normalized spacial score (nSPS) is 14.9. The van der Waals surface area contributed by atoms with Crippen LogP contribution in [0.3, 0.4) is 0 Å². The van der Waals surface area contributed by atoms with E-state index in [-0.39, 0.29) is 24.0 Å². The fourth-order valence-corrected chi connectivity index (χ4v) is 3.06. The number of halogens is 1. The Morgan fingerprint density at radius 1 is 1.21 bits per heavy atom. The van der Waals surface area contributed by atoms with Gasteiger partial charge >= 0.3 is 0 Å². The van der Waals surface area contributed by atoms with Crippen LogP contribution in [-0.4, -0.2) is 54.8 Å². The summed E-state index contributed by atoms with van der Waals surface area (Å²) < 4.78 is 5.65. The molecular formula is C20H29IN6O. The quantitative estimate of drug-likeness (QED) is 0.266. The number of hydrogen-bond acceptors (Lipinski definition) is 5. The van der Waals surface area contributed by atoms with Gasteiger partial charge in [-0.1, -0.05) is 6.07 Å². The summed E-state index contributed by atoms with van der Waals surface area (Å²) in [5, 5.41) is 6.87. The fourth-order valence-electron chi connectivity index (χ4n) is 3.06. The van der Waals surface area contributed by atoms with E-state index in [1.165, 1.54) is 0 Å². The summed E-state index contributed by atoms with van der Waals surface area (Å²) in [6.45, 7) is 6.03. The van der Waals surface area contributed by atoms with Crippen molar-refractivity contribution in [3.05, 3.63) is 48.9 Å². The second kappa shape index (κ2) is 12.4. The van der Waals surface area contributed by atoms with E-state index in [9.17, 15) is 0 Å². The van der Waals surface area contributed by atoms with Crippen LogP contribution in [-0.2, 0) is 0 Å². The third-order valence-corrected chi connectivity index (χ3v) is 4.42. The molecule has 0 aromatic carbocycles. The molecular weight excluding hydrogens is 467 g/mol. The van der Waals surface area contributed by atoms with Crippen LogP contribution in [0, 0.1) is 0 Å². The number of piperidine rings is 1. The van der Waals surface area contributed by atoms with Crippen molar-refractivity contribution in [2.45, 2.75) is 25.8 Å². The smallest absolute Gasteiger partial charge is 0.191 e. The lowest BCUT2D eigenvalue weighted by Crippen LogP contribution is -2.49. The Morgan fingerprint density at radius 3 is 2.75 bits per heavy atom. The number of ether oxygens (including phenoxy) is 1. The lowest BCUT2D eigenvalue weighted by Gasteiger charge is -2.33. The highest BCUT2D eigenvalue weighted by molar-refractivity contribution is 14.0. The number of pyridine rings is 2. The van der Waals surface area contributed by atoms with Gasteiger partial charge in [-0.25, -0.2) is 9.98 Å². The average Bonchev–Trinajstić information content (AvgIpc) is 2.73. The number of nitrogens with one attached hydrogen (secondary N) is 2. The van der Waals surface area contributed by atoms with Gasteiger partial charge in [0.15, 0.2) is 5.96 Å². The Hall–Kier alpha value is -2.10. The molecule has 2 aromatic heterocycles. The standard InChI is InChI=1S/C20H28N6O.HI/c1-2-22-20(24-12-15-27-18-6-5-10-21-16-18)25-17-8-13-26(14-9-17)19-7-3-4-11-23-19;/h3-7,10-11,16-17H,2,8-9,12-15H2,1H3,(H2,22,24,25);1H. The first-order valence-electron chi connectivity index (χ1n) is 9.59. The van der Waals surface area contributed by atoms with Crippen LogP contribution in [0.5, 0.6) is 5.75 Å². The molecule has 0 aliphatic carbocycles. The van der Waals surface area contributed by atoms with Gasteiger partial charge in [-0.05, 0) is 44.0 Å². The molecule has 0 unspecified atom stereocenters. The maximum atomic E-state index is 5.65. The van der Waals surface area contributed by atoms with E-state index < -0.39 is 0 Å². The molecule has 7 nitrogen and oxygen atoms in total. The molecule has 0 radical (unpaired) electrons. The third kappa shape index (κ3) is 7.14. The molecule has 1 aliphatic rings. The number of rotatable bonds is 7. The van der Waals surface area contributed by atoms with E-state index in [1.54, 1.807) is 12.4 Å². The van der Waals surface area contributed by atoms with Gasteiger partial charge in [0.25, 0.3) is 0 Å². The van der Waals surface area contributed by atoms with Crippen molar-refractivity contribution in [2.75, 3.05) is 37.7 Å². The molecule has 0 atom stereocenters. The Balaban J connectivity index is 0.00000280. The summed E-state index contributed by atoms with van der Waals surface area (Å²) in [4.78, 5) is 15.4. The first-order chi connectivity index (χ1) is 13.3. The molecule has 0 saturated carbocycles. The van der Waals surface area contributed by atoms with Crippen molar-refractivity contribution in [1.82, 2.24) is 20.6 Å². The van der Waals surface area contributed by atoms with E-state index in [1.807, 2.05) is 30.5 Å². The second-order valence-corrected chi connectivity index (χ2v) is 6.39. The fraction of sp³-hybridized carbons (Fsp3) is 0.450. The van der Waals surface area contributed by atoms with Crippen LogP contribution < -0.4 is 20.3 Å². The minimum atomic E-state index is 0. The van der Waals surface area contributed by atoms with Crippen LogP contribution in [0.15, 0.2) is 53.9 Å². The van der Waals surface area contributed by atoms with Crippen molar-refractivity contribution >= 4 is 35.8 Å². The van der Waals surface area contributed by atoms with Crippen LogP contribution in [0.25, 0.3) is 0 Å². The number of anilines is 1. The summed E-state index contributed by atoms with van der Waals surface area (Å²) in [5.41, 5.74) is 0. The van der Waals surface area contributed by atoms with Gasteiger partial charge in [-0.2, -0.15) is 0 Å². The van der Waals surface area contributed by atoms with Gasteiger partial charge in [-0.3, -0.25) is 4.98 Å². The first-order valence-corrected chi connectivity index (χ1v) is 9.59. The SMILES string of the molecule is CCNC(=NCCOc1cccnc1)NC1CCN(c2ccccn2)CC1.I. The molecule has 2 N–H and O–H groups in total. The summed E-state index contributed by atoms with van der Waals surface area (Å²) >= 11 is 0. The topological polar surface area (TPSA) is 74.7 Å². The summed E-state index contributed by atoms with van der Waals surface area (Å²) in [7, 11) is 0. The molecule has 1 fully saturated rings. The number of guanidine groups is 1. The molecule has 0 amide bonds. The molecule has 3 heterocycles. The second-order valence-electron chi connectivity index (χ2n) is 6.39. The summed E-state index contributed by atoms with van der Waals surface area (Å²) in [6.07, 6.45) is 7.42. The third-order valence-electron chi connectivity index (χ3n) is 4.42. The lowest BCUT2D eigenvalue weighted by molar-refractivity contribution is 0.327. The average molecular weight is 496 g/mol. The van der Waals surface area contributed by atoms with Crippen LogP contribution in [0.1, 0.15) is 19.8 Å². The van der Waals surface area contributed by atoms with Crippen LogP contribution >= 0.6 is 24.0 Å². The first kappa shape index (κ1) is 22.2. The van der Waals surface area contributed by atoms with Crippen molar-refractivity contribution in [3.63, 3.8) is 0 Å². The molecule has 3 rings (SSSR count). The van der Waals surface area contributed by atoms with Crippen LogP contribution in [0.2, 0.25) is 0 Å². The zero-order chi connectivity index (χ0) is 18.7. The van der Waals surface area contributed by atoms with Gasteiger partial charge < -0.3 is 20.3 Å². The summed E-state index contributed by atoms with van der Waals surface area (Å²) in [5.74, 6) is 2.68. The highest BCUT2D eigenvalue weighted by atomic mass is 127. The van der Waals surface area contributed by atoms with E-state index in [0.29, 0.717) is 19.2 Å². The van der Waals surface area contributed by atoms with Crippen molar-refractivity contribution in [2.24, 2.45) is 4.99 Å². The van der Waals surface area contributed by atoms with Crippen molar-refractivity contribution < 1.29 is 4.74 Å². The number of aliphatic imine (C=N–C) groups is 1. The monoisotopic (exact) mass is 496 g/mol. The molecule has 2 aromatic rings. The number of nitrogens with zero attached hydrogens (tertiary/aromatic N) is 4. The zero-order valence-electron chi connectivity index (χ0n) is 16.3. The Kier molecular flexibility index (Phi) is 9.81. The Morgan fingerprint density at radius 2 is 2.07 bits per heavy atom. The largest absolute Gasteiger partial charge is 0.490 e. The van der Waals surface area contributed by atoms with Crippen molar-refractivity contribution in [1.29, 1.82) is 0 Å². The van der Waals surface area contributed by atoms with Gasteiger partial charge in [0.2, 0.25) is 0 Å². The molecule has 152 valence electrons. The van der Waals surface area contributed by atoms with Gasteiger partial charge in [0.1, 0.15) is 18.2 Å². The van der Waals surface area contributed by atoms with Gasteiger partial charge in [0.05, 0.1) is 12.7 Å². The molecule has 0 bridgehead atoms. The van der Waals surface area contributed by atoms with E-state index in [4.69, 9.17) is 4.74 Å². The Bertz CT molecular complexity index is 692. The minimum Gasteiger partial charge on any atom is -0.490 e. The van der Waals surface area contributed by atoms with E-state index in [2.05, 4.69) is 43.5 Å². The maximum absolute atomic E-state index is 5.65. The van der Waals surface area contributed by atoms with E-state index in [0.717, 1.165) is 50.0 Å². The predicted molar refractivity (Wildman–Crippen MR) is 124 cm³/mol. The van der Waals surface area contributed by atoms with Crippen molar-refractivity contribution in [3.8, 4) is 5.75 Å². The molecule has 1 saturated heterocycles. The molecule has 1 aliphatic heterocycles. The molecule has 8 heteroatoms. The molecule has 0 spiro atoms.